The van der Waals surface area contributed by atoms with Gasteiger partial charge in [0.2, 0.25) is 0 Å². The standard InChI is InChI=1S/C23H20BrIN2O6S/c1-5-32-22(29)18-11(2)26-23-27(19(18)14-8-12(30-3)6-7-16(14)31-4)21(28)17(34-23)10-13-9-15(24)20(25)33-13/h6-10,19H,5H2,1-4H3/b17-10+/t19-/m1/s1. The Morgan fingerprint density at radius 1 is 1.32 bits per heavy atom. The second-order valence-electron chi connectivity index (χ2n) is 7.18. The van der Waals surface area contributed by atoms with Gasteiger partial charge in [-0.15, -0.1) is 0 Å². The quantitative estimate of drug-likeness (QED) is 0.296. The molecule has 0 saturated carbocycles. The van der Waals surface area contributed by atoms with Crippen molar-refractivity contribution in [1.82, 2.24) is 4.57 Å². The maximum Gasteiger partial charge on any atom is 0.338 e. The summed E-state index contributed by atoms with van der Waals surface area (Å²) in [6.07, 6.45) is 1.67. The fraction of sp³-hybridized carbons (Fsp3) is 0.261. The van der Waals surface area contributed by atoms with Gasteiger partial charge in [-0.25, -0.2) is 9.79 Å². The molecule has 178 valence electrons. The predicted molar refractivity (Wildman–Crippen MR) is 139 cm³/mol. The van der Waals surface area contributed by atoms with Gasteiger partial charge >= 0.3 is 5.97 Å². The van der Waals surface area contributed by atoms with E-state index in [-0.39, 0.29) is 17.7 Å². The van der Waals surface area contributed by atoms with Crippen LogP contribution in [0.25, 0.3) is 6.08 Å². The summed E-state index contributed by atoms with van der Waals surface area (Å²) < 4.78 is 25.4. The summed E-state index contributed by atoms with van der Waals surface area (Å²) in [5.41, 5.74) is 1.01. The molecule has 8 nitrogen and oxygen atoms in total. The number of carbonyl (C=O) groups excluding carboxylic acids is 1. The average Bonchev–Trinajstić information content (AvgIpc) is 3.29. The summed E-state index contributed by atoms with van der Waals surface area (Å²) in [6.45, 7) is 3.65. The Hall–Kier alpha value is -2.38. The van der Waals surface area contributed by atoms with E-state index >= 15 is 0 Å². The molecular formula is C23H20BrIN2O6S. The second-order valence-corrected chi connectivity index (χ2v) is 10.0. The zero-order valence-electron chi connectivity index (χ0n) is 18.7. The third-order valence-electron chi connectivity index (χ3n) is 5.19. The summed E-state index contributed by atoms with van der Waals surface area (Å²) in [4.78, 5) is 31.7. The Kier molecular flexibility index (Phi) is 7.33. The number of halogens is 2. The highest BCUT2D eigenvalue weighted by molar-refractivity contribution is 14.1. The second kappa shape index (κ2) is 10.1. The third-order valence-corrected chi connectivity index (χ3v) is 8.30. The lowest BCUT2D eigenvalue weighted by Gasteiger charge is -2.26. The highest BCUT2D eigenvalue weighted by Gasteiger charge is 2.35. The number of hydrogen-bond acceptors (Lipinski definition) is 8. The highest BCUT2D eigenvalue weighted by atomic mass is 127. The normalized spacial score (nSPS) is 15.7. The first-order valence-electron chi connectivity index (χ1n) is 10.2. The molecule has 2 aromatic heterocycles. The number of nitrogens with zero attached hydrogens (tertiary/aromatic N) is 2. The maximum atomic E-state index is 13.7. The fourth-order valence-corrected chi connectivity index (χ4v) is 5.45. The van der Waals surface area contributed by atoms with Gasteiger partial charge in [-0.1, -0.05) is 11.3 Å². The van der Waals surface area contributed by atoms with Crippen LogP contribution in [0.15, 0.2) is 54.2 Å². The first-order chi connectivity index (χ1) is 16.3. The van der Waals surface area contributed by atoms with Crippen LogP contribution in [0.5, 0.6) is 11.5 Å². The molecule has 0 radical (unpaired) electrons. The largest absolute Gasteiger partial charge is 0.497 e. The van der Waals surface area contributed by atoms with Gasteiger partial charge < -0.3 is 18.6 Å². The number of benzene rings is 1. The van der Waals surface area contributed by atoms with Gasteiger partial charge in [0, 0.05) is 34.2 Å². The topological polar surface area (TPSA) is 92.3 Å². The van der Waals surface area contributed by atoms with Crippen LogP contribution in [0.2, 0.25) is 0 Å². The number of hydrogen-bond donors (Lipinski definition) is 0. The maximum absolute atomic E-state index is 13.7. The van der Waals surface area contributed by atoms with Crippen LogP contribution in [0.3, 0.4) is 0 Å². The van der Waals surface area contributed by atoms with Crippen molar-refractivity contribution in [3.63, 3.8) is 0 Å². The number of esters is 1. The van der Waals surface area contributed by atoms with Crippen molar-refractivity contribution in [3.05, 3.63) is 74.8 Å². The molecule has 0 aliphatic carbocycles. The number of rotatable bonds is 6. The van der Waals surface area contributed by atoms with E-state index in [2.05, 4.69) is 43.5 Å². The van der Waals surface area contributed by atoms with E-state index in [1.807, 2.05) is 0 Å². The molecule has 0 fully saturated rings. The zero-order chi connectivity index (χ0) is 24.6. The van der Waals surface area contributed by atoms with Crippen molar-refractivity contribution in [2.45, 2.75) is 19.9 Å². The van der Waals surface area contributed by atoms with Crippen LogP contribution in [-0.2, 0) is 9.53 Å². The number of fused-ring (bicyclic) bond motifs is 1. The molecule has 0 amide bonds. The van der Waals surface area contributed by atoms with E-state index in [1.165, 1.54) is 23.0 Å². The van der Waals surface area contributed by atoms with E-state index in [9.17, 15) is 9.59 Å². The number of allylic oxidation sites excluding steroid dienone is 1. The number of carbonyl (C=O) groups is 1. The van der Waals surface area contributed by atoms with E-state index < -0.39 is 12.0 Å². The number of furan rings is 1. The third kappa shape index (κ3) is 4.48. The molecule has 3 heterocycles. The Morgan fingerprint density at radius 2 is 2.09 bits per heavy atom. The van der Waals surface area contributed by atoms with Crippen LogP contribution in [0.1, 0.15) is 31.2 Å². The number of ether oxygens (including phenoxy) is 3. The molecule has 0 bridgehead atoms. The van der Waals surface area contributed by atoms with Crippen molar-refractivity contribution in [3.8, 4) is 11.5 Å². The smallest absolute Gasteiger partial charge is 0.338 e. The summed E-state index contributed by atoms with van der Waals surface area (Å²) in [5.74, 6) is 1.04. The molecule has 1 aliphatic rings. The predicted octanol–water partition coefficient (Wildman–Crippen LogP) is 3.78. The van der Waals surface area contributed by atoms with Crippen LogP contribution >= 0.6 is 49.9 Å². The average molecular weight is 659 g/mol. The molecule has 11 heteroatoms. The van der Waals surface area contributed by atoms with Crippen molar-refractivity contribution in [1.29, 1.82) is 0 Å². The highest BCUT2D eigenvalue weighted by Crippen LogP contribution is 2.37. The molecule has 0 N–H and O–H groups in total. The Bertz CT molecular complexity index is 1470. The van der Waals surface area contributed by atoms with Gasteiger partial charge in [-0.05, 0) is 54.0 Å². The SMILES string of the molecule is CCOC(=O)C1=C(C)N=c2s/c(=C/c3cc(Br)c(I)o3)c(=O)n2[C@@H]1c1cc(OC)ccc1OC. The van der Waals surface area contributed by atoms with Crippen LogP contribution < -0.4 is 24.4 Å². The number of thiazole rings is 1. The number of methoxy groups -OCH3 is 2. The summed E-state index contributed by atoms with van der Waals surface area (Å²) in [6, 6.07) is 6.22. The van der Waals surface area contributed by atoms with Crippen molar-refractivity contribution in [2.75, 3.05) is 20.8 Å². The van der Waals surface area contributed by atoms with Gasteiger partial charge in [0.05, 0.1) is 41.1 Å². The Labute approximate surface area is 220 Å². The number of aromatic nitrogens is 1. The lowest BCUT2D eigenvalue weighted by Crippen LogP contribution is -2.40. The minimum Gasteiger partial charge on any atom is -0.497 e. The Morgan fingerprint density at radius 3 is 2.71 bits per heavy atom. The van der Waals surface area contributed by atoms with Gasteiger partial charge in [0.15, 0.2) is 8.57 Å². The minimum absolute atomic E-state index is 0.188. The molecule has 34 heavy (non-hydrogen) atoms. The van der Waals surface area contributed by atoms with Crippen molar-refractivity contribution < 1.29 is 23.4 Å². The van der Waals surface area contributed by atoms with Gasteiger partial charge in [0.1, 0.15) is 23.3 Å². The van der Waals surface area contributed by atoms with Gasteiger partial charge in [0.25, 0.3) is 5.56 Å². The van der Waals surface area contributed by atoms with E-state index in [0.29, 0.717) is 41.6 Å². The van der Waals surface area contributed by atoms with Crippen molar-refractivity contribution >= 4 is 61.9 Å². The Balaban J connectivity index is 2.02. The molecule has 1 atom stereocenters. The molecule has 0 unspecified atom stereocenters. The zero-order valence-corrected chi connectivity index (χ0v) is 23.2. The minimum atomic E-state index is -0.814. The molecular weight excluding hydrogens is 639 g/mol. The first-order valence-corrected chi connectivity index (χ1v) is 12.8. The van der Waals surface area contributed by atoms with E-state index in [4.69, 9.17) is 18.6 Å². The molecule has 4 rings (SSSR count). The lowest BCUT2D eigenvalue weighted by atomic mass is 9.95. The fourth-order valence-electron chi connectivity index (χ4n) is 3.70. The summed E-state index contributed by atoms with van der Waals surface area (Å²) >= 11 is 6.70. The monoisotopic (exact) mass is 658 g/mol. The van der Waals surface area contributed by atoms with E-state index in [0.717, 1.165) is 4.47 Å². The summed E-state index contributed by atoms with van der Waals surface area (Å²) in [7, 11) is 3.08. The van der Waals surface area contributed by atoms with Crippen LogP contribution in [-0.4, -0.2) is 31.4 Å². The van der Waals surface area contributed by atoms with Crippen LogP contribution in [0, 0.1) is 3.77 Å². The lowest BCUT2D eigenvalue weighted by molar-refractivity contribution is -0.139. The van der Waals surface area contributed by atoms with Crippen molar-refractivity contribution in [2.24, 2.45) is 4.99 Å². The van der Waals surface area contributed by atoms with Gasteiger partial charge in [-0.2, -0.15) is 0 Å². The van der Waals surface area contributed by atoms with Crippen LogP contribution in [0.4, 0.5) is 0 Å². The molecule has 0 saturated heterocycles. The molecule has 3 aromatic rings. The van der Waals surface area contributed by atoms with Gasteiger partial charge in [-0.3, -0.25) is 9.36 Å². The molecule has 1 aromatic carbocycles. The van der Waals surface area contributed by atoms with E-state index in [1.54, 1.807) is 51.3 Å². The summed E-state index contributed by atoms with van der Waals surface area (Å²) in [5, 5.41) is 0. The molecule has 0 spiro atoms. The molecule has 1 aliphatic heterocycles. The first kappa shape index (κ1) is 24.7.